The van der Waals surface area contributed by atoms with Crippen molar-refractivity contribution in [1.82, 2.24) is 4.98 Å². The summed E-state index contributed by atoms with van der Waals surface area (Å²) in [6.07, 6.45) is 0. The van der Waals surface area contributed by atoms with E-state index in [1.54, 1.807) is 26.4 Å². The Morgan fingerprint density at radius 2 is 1.54 bits per heavy atom. The standard InChI is InChI=1S/C19H18N2O6Se/c1-24-14-6-5-11(7-13(14)21(22)23)19-17(20-10-28-19)12-8-15(25-2)18(27-4)16(9-12)26-3/h5-10H,1-4H3. The van der Waals surface area contributed by atoms with Gasteiger partial charge >= 0.3 is 167 Å². The van der Waals surface area contributed by atoms with Crippen LogP contribution in [0, 0.1) is 10.1 Å². The average Bonchev–Trinajstić information content (AvgIpc) is 3.21. The molecule has 0 amide bonds. The normalized spacial score (nSPS) is 10.4. The van der Waals surface area contributed by atoms with Crippen LogP contribution in [0.3, 0.4) is 0 Å². The summed E-state index contributed by atoms with van der Waals surface area (Å²) in [6, 6.07) is 8.54. The van der Waals surface area contributed by atoms with Crippen molar-refractivity contribution >= 4 is 20.2 Å². The van der Waals surface area contributed by atoms with Crippen LogP contribution in [-0.4, -0.2) is 52.9 Å². The van der Waals surface area contributed by atoms with Gasteiger partial charge in [-0.15, -0.1) is 0 Å². The van der Waals surface area contributed by atoms with Gasteiger partial charge in [-0.3, -0.25) is 0 Å². The van der Waals surface area contributed by atoms with Crippen molar-refractivity contribution in [2.45, 2.75) is 0 Å². The molecule has 0 atom stereocenters. The molecule has 0 radical (unpaired) electrons. The minimum atomic E-state index is -0.454. The molecule has 0 aliphatic heterocycles. The quantitative estimate of drug-likeness (QED) is 0.310. The van der Waals surface area contributed by atoms with Crippen molar-refractivity contribution < 1.29 is 23.9 Å². The minimum absolute atomic E-state index is 0.0712. The molecule has 0 bridgehead atoms. The van der Waals surface area contributed by atoms with Crippen LogP contribution in [0.25, 0.3) is 21.3 Å². The molecule has 0 aliphatic carbocycles. The summed E-state index contributed by atoms with van der Waals surface area (Å²) in [4.78, 5) is 15.4. The molecule has 0 saturated heterocycles. The summed E-state index contributed by atoms with van der Waals surface area (Å²) in [5.41, 5.74) is 2.14. The van der Waals surface area contributed by atoms with Crippen molar-refractivity contribution in [3.63, 3.8) is 0 Å². The summed E-state index contributed by atoms with van der Waals surface area (Å²) < 4.78 is 22.2. The van der Waals surface area contributed by atoms with Gasteiger partial charge in [0.1, 0.15) is 0 Å². The Labute approximate surface area is 167 Å². The van der Waals surface area contributed by atoms with Crippen LogP contribution < -0.4 is 18.9 Å². The van der Waals surface area contributed by atoms with E-state index in [0.29, 0.717) is 17.2 Å². The first kappa shape index (κ1) is 19.7. The maximum atomic E-state index is 11.4. The summed E-state index contributed by atoms with van der Waals surface area (Å²) >= 11 is -0.0712. The van der Waals surface area contributed by atoms with Crippen LogP contribution in [0.15, 0.2) is 35.4 Å². The van der Waals surface area contributed by atoms with Crippen LogP contribution in [0.1, 0.15) is 0 Å². The first-order valence-corrected chi connectivity index (χ1v) is 9.95. The SMILES string of the molecule is COc1ccc(-c2[se]cnc2-c2cc(OC)c(OC)c(OC)c2)cc1[N+](=O)[O-]. The van der Waals surface area contributed by atoms with Gasteiger partial charge in [0, 0.05) is 0 Å². The molecule has 1 aromatic heterocycles. The molecule has 146 valence electrons. The summed E-state index contributed by atoms with van der Waals surface area (Å²) in [5.74, 6) is 1.73. The summed E-state index contributed by atoms with van der Waals surface area (Å²) in [7, 11) is 6.04. The van der Waals surface area contributed by atoms with Crippen molar-refractivity contribution in [3.8, 4) is 44.3 Å². The first-order valence-electron chi connectivity index (χ1n) is 8.10. The third kappa shape index (κ3) is 3.54. The van der Waals surface area contributed by atoms with E-state index in [1.807, 2.05) is 17.2 Å². The second-order valence-electron chi connectivity index (χ2n) is 5.59. The van der Waals surface area contributed by atoms with Gasteiger partial charge in [0.15, 0.2) is 0 Å². The molecule has 1 heterocycles. The number of hydrogen-bond acceptors (Lipinski definition) is 7. The van der Waals surface area contributed by atoms with Gasteiger partial charge in [0.05, 0.1) is 0 Å². The number of benzene rings is 2. The Hall–Kier alpha value is -3.03. The van der Waals surface area contributed by atoms with Gasteiger partial charge in [0.25, 0.3) is 0 Å². The number of ether oxygens (including phenoxy) is 4. The molecule has 0 N–H and O–H groups in total. The van der Waals surface area contributed by atoms with E-state index in [2.05, 4.69) is 4.98 Å². The monoisotopic (exact) mass is 450 g/mol. The third-order valence-corrected chi connectivity index (χ3v) is 5.98. The Balaban J connectivity index is 2.16. The zero-order chi connectivity index (χ0) is 20.3. The molecule has 8 nitrogen and oxygen atoms in total. The molecule has 0 fully saturated rings. The molecule has 3 aromatic rings. The van der Waals surface area contributed by atoms with Gasteiger partial charge in [0.2, 0.25) is 0 Å². The summed E-state index contributed by atoms with van der Waals surface area (Å²) in [6.45, 7) is 0. The van der Waals surface area contributed by atoms with E-state index in [4.69, 9.17) is 18.9 Å². The molecule has 0 aliphatic rings. The molecule has 28 heavy (non-hydrogen) atoms. The predicted molar refractivity (Wildman–Crippen MR) is 105 cm³/mol. The van der Waals surface area contributed by atoms with Gasteiger partial charge < -0.3 is 0 Å². The van der Waals surface area contributed by atoms with Crippen LogP contribution in [0.4, 0.5) is 5.69 Å². The molecule has 3 rings (SSSR count). The third-order valence-electron chi connectivity index (χ3n) is 4.14. The van der Waals surface area contributed by atoms with E-state index >= 15 is 0 Å². The zero-order valence-electron chi connectivity index (χ0n) is 15.7. The number of nitro benzene ring substituents is 1. The van der Waals surface area contributed by atoms with Crippen molar-refractivity contribution in [2.75, 3.05) is 28.4 Å². The van der Waals surface area contributed by atoms with Crippen molar-refractivity contribution in [2.24, 2.45) is 0 Å². The van der Waals surface area contributed by atoms with E-state index in [9.17, 15) is 10.1 Å². The van der Waals surface area contributed by atoms with Gasteiger partial charge in [-0.25, -0.2) is 0 Å². The molecule has 0 unspecified atom stereocenters. The van der Waals surface area contributed by atoms with E-state index in [0.717, 1.165) is 21.3 Å². The Kier molecular flexibility index (Phi) is 5.87. The second kappa shape index (κ2) is 8.33. The van der Waals surface area contributed by atoms with Crippen molar-refractivity contribution in [3.05, 3.63) is 45.5 Å². The molecule has 0 spiro atoms. The number of nitro groups is 1. The van der Waals surface area contributed by atoms with Crippen molar-refractivity contribution in [1.29, 1.82) is 0 Å². The van der Waals surface area contributed by atoms with Gasteiger partial charge in [-0.1, -0.05) is 0 Å². The molecule has 9 heteroatoms. The molecular formula is C19H18N2O6Se. The van der Waals surface area contributed by atoms with Gasteiger partial charge in [-0.2, -0.15) is 0 Å². The maximum absolute atomic E-state index is 11.4. The van der Waals surface area contributed by atoms with Crippen LogP contribution in [0.2, 0.25) is 0 Å². The fourth-order valence-corrected chi connectivity index (χ4v) is 4.55. The van der Waals surface area contributed by atoms with E-state index < -0.39 is 4.92 Å². The molecule has 0 saturated carbocycles. The van der Waals surface area contributed by atoms with Gasteiger partial charge in [-0.05, 0) is 0 Å². The van der Waals surface area contributed by atoms with Crippen LogP contribution in [0.5, 0.6) is 23.0 Å². The fraction of sp³-hybridized carbons (Fsp3) is 0.211. The molecule has 2 aromatic carbocycles. The van der Waals surface area contributed by atoms with E-state index in [1.165, 1.54) is 20.3 Å². The second-order valence-corrected chi connectivity index (χ2v) is 7.38. The van der Waals surface area contributed by atoms with E-state index in [-0.39, 0.29) is 25.9 Å². The van der Waals surface area contributed by atoms with Crippen LogP contribution >= 0.6 is 0 Å². The number of methoxy groups -OCH3 is 4. The Bertz CT molecular complexity index is 992. The zero-order valence-corrected chi connectivity index (χ0v) is 17.4. The summed E-state index contributed by atoms with van der Waals surface area (Å²) in [5, 5.41) is 13.2. The number of nitrogens with zero attached hydrogens (tertiary/aromatic N) is 2. The number of rotatable bonds is 7. The number of hydrogen-bond donors (Lipinski definition) is 0. The average molecular weight is 449 g/mol. The predicted octanol–water partition coefficient (Wildman–Crippen LogP) is 3.42. The first-order chi connectivity index (χ1) is 13.5. The Morgan fingerprint density at radius 1 is 0.893 bits per heavy atom. The fourth-order valence-electron chi connectivity index (χ4n) is 2.85. The Morgan fingerprint density at radius 3 is 2.07 bits per heavy atom. The molecular weight excluding hydrogens is 431 g/mol. The number of aromatic nitrogens is 1. The van der Waals surface area contributed by atoms with Crippen LogP contribution in [-0.2, 0) is 0 Å². The topological polar surface area (TPSA) is 93.0 Å².